The number of alkyl halides is 1. The summed E-state index contributed by atoms with van der Waals surface area (Å²) in [6.45, 7) is 22.7. The lowest BCUT2D eigenvalue weighted by molar-refractivity contribution is -0.147. The summed E-state index contributed by atoms with van der Waals surface area (Å²) < 4.78 is 50.5. The molecule has 33 heavy (non-hydrogen) atoms. The van der Waals surface area contributed by atoms with Crippen molar-refractivity contribution in [2.75, 3.05) is 19.8 Å². The van der Waals surface area contributed by atoms with Crippen LogP contribution in [0.15, 0.2) is 12.0 Å². The first-order chi connectivity index (χ1) is 14.9. The van der Waals surface area contributed by atoms with Gasteiger partial charge in [-0.15, -0.1) is 0 Å². The number of rotatable bonds is 7. The molecule has 0 amide bonds. The normalized spacial score (nSPS) is 32.3. The molecule has 1 aliphatic carbocycles. The van der Waals surface area contributed by atoms with Gasteiger partial charge < -0.3 is 18.5 Å². The van der Waals surface area contributed by atoms with E-state index >= 15 is 4.39 Å². The predicted octanol–water partition coefficient (Wildman–Crippen LogP) is 5.92. The molecule has 1 N–H and O–H groups in total. The Balaban J connectivity index is 1.98. The van der Waals surface area contributed by atoms with Gasteiger partial charge in [-0.25, -0.2) is 8.78 Å². The number of halogens is 2. The molecule has 0 spiro atoms. The molecule has 0 aromatic heterocycles. The zero-order valence-electron chi connectivity index (χ0n) is 22.4. The van der Waals surface area contributed by atoms with Crippen LogP contribution < -0.4 is 5.32 Å². The van der Waals surface area contributed by atoms with E-state index in [1.165, 1.54) is 6.20 Å². The monoisotopic (exact) mass is 504 g/mol. The zero-order chi connectivity index (χ0) is 25.0. The molecule has 0 radical (unpaired) electrons. The van der Waals surface area contributed by atoms with Crippen molar-refractivity contribution in [1.29, 1.82) is 0 Å². The lowest BCUT2D eigenvalue weighted by Gasteiger charge is -2.45. The van der Waals surface area contributed by atoms with Crippen molar-refractivity contribution >= 4 is 16.6 Å². The van der Waals surface area contributed by atoms with Crippen molar-refractivity contribution in [2.24, 2.45) is 5.92 Å². The first-order valence-corrected chi connectivity index (χ1v) is 18.2. The molecule has 1 saturated heterocycles. The molecule has 1 saturated carbocycles. The summed E-state index contributed by atoms with van der Waals surface area (Å²) >= 11 is 0. The molecular weight excluding hydrogens is 458 g/mol. The van der Waals surface area contributed by atoms with Gasteiger partial charge in [-0.1, -0.05) is 41.5 Å². The molecule has 0 unspecified atom stereocenters. The summed E-state index contributed by atoms with van der Waals surface area (Å²) in [6, 6.07) is 0. The second-order valence-electron chi connectivity index (χ2n) is 13.2. The van der Waals surface area contributed by atoms with Crippen LogP contribution in [0.1, 0.15) is 54.4 Å². The first kappa shape index (κ1) is 27.3. The van der Waals surface area contributed by atoms with Gasteiger partial charge >= 0.3 is 0 Å². The van der Waals surface area contributed by atoms with Crippen molar-refractivity contribution in [3.8, 4) is 0 Å². The maximum Gasteiger partial charge on any atom is 0.192 e. The van der Waals surface area contributed by atoms with Gasteiger partial charge in [-0.2, -0.15) is 0 Å². The predicted molar refractivity (Wildman–Crippen MR) is 134 cm³/mol. The van der Waals surface area contributed by atoms with E-state index in [9.17, 15) is 4.39 Å². The fraction of sp³-hybridized carbons (Fsp3) is 0.917. The highest BCUT2D eigenvalue weighted by atomic mass is 28.4. The summed E-state index contributed by atoms with van der Waals surface area (Å²) in [6.07, 6.45) is 0.294. The molecule has 2 aliphatic heterocycles. The molecule has 2 fully saturated rings. The van der Waals surface area contributed by atoms with Gasteiger partial charge in [0.25, 0.3) is 0 Å². The Hall–Kier alpha value is -0.326. The van der Waals surface area contributed by atoms with E-state index in [-0.39, 0.29) is 28.4 Å². The molecule has 4 atom stereocenters. The summed E-state index contributed by atoms with van der Waals surface area (Å²) in [7, 11) is -4.41. The summed E-state index contributed by atoms with van der Waals surface area (Å²) in [4.78, 5) is 1.61. The highest BCUT2D eigenvalue weighted by Crippen LogP contribution is 2.54. The summed E-state index contributed by atoms with van der Waals surface area (Å²) in [5, 5.41) is 2.96. The van der Waals surface area contributed by atoms with Crippen molar-refractivity contribution in [1.82, 2.24) is 10.2 Å². The quantitative estimate of drug-likeness (QED) is 0.436. The average molecular weight is 505 g/mol. The van der Waals surface area contributed by atoms with E-state index in [1.807, 2.05) is 0 Å². The van der Waals surface area contributed by atoms with E-state index in [0.717, 1.165) is 12.8 Å². The van der Waals surface area contributed by atoms with E-state index in [0.29, 0.717) is 13.3 Å². The van der Waals surface area contributed by atoms with E-state index in [1.54, 1.807) is 4.90 Å². The zero-order valence-corrected chi connectivity index (χ0v) is 24.4. The minimum absolute atomic E-state index is 0.0311. The minimum atomic E-state index is -2.31. The lowest BCUT2D eigenvalue weighted by Crippen LogP contribution is -2.57. The number of nitrogens with one attached hydrogen (secondary N) is 1. The van der Waals surface area contributed by atoms with Gasteiger partial charge in [-0.3, -0.25) is 5.32 Å². The molecule has 0 aromatic rings. The topological polar surface area (TPSA) is 43.0 Å². The molecule has 0 bridgehead atoms. The minimum Gasteiger partial charge on any atom is -0.414 e. The molecule has 5 nitrogen and oxygen atoms in total. The summed E-state index contributed by atoms with van der Waals surface area (Å²) in [5.41, 5.74) is -0.864. The van der Waals surface area contributed by atoms with Crippen molar-refractivity contribution in [2.45, 2.75) is 115 Å². The number of nitrogens with zero attached hydrogens (tertiary/aromatic N) is 1. The fourth-order valence-corrected chi connectivity index (χ4v) is 6.41. The van der Waals surface area contributed by atoms with Crippen LogP contribution in [-0.2, 0) is 13.6 Å². The number of hydrogen-bond acceptors (Lipinski definition) is 5. The van der Waals surface area contributed by atoms with Crippen LogP contribution in [0.5, 0.6) is 0 Å². The lowest BCUT2D eigenvalue weighted by atomic mass is 9.91. The molecule has 0 aromatic carbocycles. The van der Waals surface area contributed by atoms with Crippen LogP contribution in [-0.4, -0.2) is 65.5 Å². The van der Waals surface area contributed by atoms with Crippen LogP contribution in [0.25, 0.3) is 0 Å². The molecule has 9 heteroatoms. The Labute approximate surface area is 201 Å². The van der Waals surface area contributed by atoms with E-state index < -0.39 is 40.7 Å². The third-order valence-electron chi connectivity index (χ3n) is 8.57. The molecule has 2 heterocycles. The molecular formula is C24H46F2N2O3Si2. The Morgan fingerprint density at radius 1 is 1.09 bits per heavy atom. The largest absolute Gasteiger partial charge is 0.414 e. The molecule has 3 aliphatic rings. The van der Waals surface area contributed by atoms with Crippen molar-refractivity contribution in [3.05, 3.63) is 12.0 Å². The van der Waals surface area contributed by atoms with Crippen LogP contribution in [0, 0.1) is 5.92 Å². The molecule has 3 rings (SSSR count). The Kier molecular flexibility index (Phi) is 7.40. The SMILES string of the molecule is CC(C)(C)[Si](C)(C)OC[C@@]1(C2CC2)O[C@@H](N2C=C(F)CNC2)[C@@H](F)[C@@H]1O[Si](C)(C)C(C)(C)C. The smallest absolute Gasteiger partial charge is 0.192 e. The first-order valence-electron chi connectivity index (χ1n) is 12.4. The van der Waals surface area contributed by atoms with Gasteiger partial charge in [-0.05, 0) is 55.0 Å². The average Bonchev–Trinajstić information content (AvgIpc) is 3.47. The second kappa shape index (κ2) is 8.96. The Bertz CT molecular complexity index is 747. The van der Waals surface area contributed by atoms with Gasteiger partial charge in [0.15, 0.2) is 29.0 Å². The van der Waals surface area contributed by atoms with Crippen molar-refractivity contribution < 1.29 is 22.4 Å². The molecule has 192 valence electrons. The third-order valence-corrected chi connectivity index (χ3v) is 17.5. The standard InChI is InChI=1S/C24H46F2N2O3Si2/c1-22(2,3)32(7,8)29-15-24(17-11-12-17)20(31-33(9,10)23(4,5)6)19(26)21(30-24)28-14-18(25)13-27-16-28/h14,17,19-21,27H,11-13,15-16H2,1-10H3/t19-,20-,21+,24-/m0/s1. The van der Waals surface area contributed by atoms with Gasteiger partial charge in [0.1, 0.15) is 17.5 Å². The number of ether oxygens (including phenoxy) is 1. The van der Waals surface area contributed by atoms with Crippen LogP contribution in [0.4, 0.5) is 8.78 Å². The Morgan fingerprint density at radius 2 is 1.67 bits per heavy atom. The van der Waals surface area contributed by atoms with Crippen LogP contribution in [0.2, 0.25) is 36.3 Å². The van der Waals surface area contributed by atoms with Crippen LogP contribution >= 0.6 is 0 Å². The van der Waals surface area contributed by atoms with Gasteiger partial charge in [0.05, 0.1) is 19.8 Å². The fourth-order valence-electron chi connectivity index (χ4n) is 4.07. The number of hydrogen-bond donors (Lipinski definition) is 1. The highest BCUT2D eigenvalue weighted by Gasteiger charge is 2.65. The Morgan fingerprint density at radius 3 is 2.15 bits per heavy atom. The van der Waals surface area contributed by atoms with E-state index in [2.05, 4.69) is 73.0 Å². The maximum absolute atomic E-state index is 16.3. The third kappa shape index (κ3) is 5.43. The van der Waals surface area contributed by atoms with E-state index in [4.69, 9.17) is 13.6 Å². The van der Waals surface area contributed by atoms with Crippen LogP contribution in [0.3, 0.4) is 0 Å². The second-order valence-corrected chi connectivity index (χ2v) is 22.8. The maximum atomic E-state index is 16.3. The summed E-state index contributed by atoms with van der Waals surface area (Å²) in [5.74, 6) is -0.132. The van der Waals surface area contributed by atoms with Crippen molar-refractivity contribution in [3.63, 3.8) is 0 Å². The van der Waals surface area contributed by atoms with Gasteiger partial charge in [0, 0.05) is 6.20 Å². The van der Waals surface area contributed by atoms with Gasteiger partial charge in [0.2, 0.25) is 0 Å². The highest BCUT2D eigenvalue weighted by molar-refractivity contribution is 6.74.